The zero-order valence-electron chi connectivity index (χ0n) is 9.08. The van der Waals surface area contributed by atoms with E-state index >= 15 is 0 Å². The maximum absolute atomic E-state index is 11.2. The highest BCUT2D eigenvalue weighted by atomic mass is 16.5. The van der Waals surface area contributed by atoms with Crippen molar-refractivity contribution in [2.45, 2.75) is 33.1 Å². The summed E-state index contributed by atoms with van der Waals surface area (Å²) < 4.78 is 4.86. The van der Waals surface area contributed by atoms with Gasteiger partial charge in [-0.15, -0.1) is 0 Å². The van der Waals surface area contributed by atoms with Crippen molar-refractivity contribution in [1.29, 1.82) is 0 Å². The number of piperidine rings is 1. The van der Waals surface area contributed by atoms with Crippen LogP contribution in [-0.2, 0) is 9.53 Å². The second kappa shape index (κ2) is 5.68. The van der Waals surface area contributed by atoms with E-state index in [1.807, 2.05) is 13.8 Å². The molecule has 0 unspecified atom stereocenters. The lowest BCUT2D eigenvalue weighted by molar-refractivity contribution is -0.137. The smallest absolute Gasteiger partial charge is 0.332 e. The highest BCUT2D eigenvalue weighted by Gasteiger charge is 2.11. The van der Waals surface area contributed by atoms with Crippen molar-refractivity contribution < 1.29 is 9.53 Å². The highest BCUT2D eigenvalue weighted by Crippen LogP contribution is 2.13. The van der Waals surface area contributed by atoms with Crippen LogP contribution in [0.5, 0.6) is 0 Å². The fourth-order valence-electron chi connectivity index (χ4n) is 1.69. The van der Waals surface area contributed by atoms with Gasteiger partial charge >= 0.3 is 5.97 Å². The lowest BCUT2D eigenvalue weighted by Crippen LogP contribution is -2.28. The Labute approximate surface area is 85.7 Å². The summed E-state index contributed by atoms with van der Waals surface area (Å²) in [4.78, 5) is 13.4. The molecular weight excluding hydrogens is 178 g/mol. The Kier molecular flexibility index (Phi) is 4.50. The Hall–Kier alpha value is -0.990. The lowest BCUT2D eigenvalue weighted by atomic mass is 10.1. The van der Waals surface area contributed by atoms with Crippen LogP contribution in [0, 0.1) is 0 Å². The summed E-state index contributed by atoms with van der Waals surface area (Å²) in [6.45, 7) is 6.39. The molecule has 0 N–H and O–H groups in total. The molecule has 0 bridgehead atoms. The van der Waals surface area contributed by atoms with Gasteiger partial charge in [-0.3, -0.25) is 0 Å². The van der Waals surface area contributed by atoms with Gasteiger partial charge in [0, 0.05) is 24.9 Å². The summed E-state index contributed by atoms with van der Waals surface area (Å²) in [5.74, 6) is -0.226. The van der Waals surface area contributed by atoms with E-state index in [4.69, 9.17) is 4.74 Å². The van der Waals surface area contributed by atoms with Crippen molar-refractivity contribution in [3.05, 3.63) is 11.8 Å². The predicted octanol–water partition coefficient (Wildman–Crippen LogP) is 1.94. The molecule has 0 spiro atoms. The molecule has 0 radical (unpaired) electrons. The van der Waals surface area contributed by atoms with Gasteiger partial charge in [0.15, 0.2) is 0 Å². The Balaban J connectivity index is 2.44. The molecule has 1 fully saturated rings. The molecule has 1 saturated heterocycles. The van der Waals surface area contributed by atoms with Gasteiger partial charge in [0.1, 0.15) is 0 Å². The first-order valence-electron chi connectivity index (χ1n) is 5.34. The molecule has 0 atom stereocenters. The molecule has 0 saturated carbocycles. The van der Waals surface area contributed by atoms with Gasteiger partial charge in [-0.1, -0.05) is 0 Å². The second-order valence-electron chi connectivity index (χ2n) is 3.59. The Morgan fingerprint density at radius 1 is 1.36 bits per heavy atom. The lowest BCUT2D eigenvalue weighted by Gasteiger charge is -2.29. The van der Waals surface area contributed by atoms with Crippen LogP contribution in [0.2, 0.25) is 0 Å². The fraction of sp³-hybridized carbons (Fsp3) is 0.727. The van der Waals surface area contributed by atoms with Gasteiger partial charge in [-0.25, -0.2) is 4.79 Å². The molecule has 14 heavy (non-hydrogen) atoms. The van der Waals surface area contributed by atoms with E-state index in [1.54, 1.807) is 6.08 Å². The number of rotatable bonds is 3. The zero-order valence-corrected chi connectivity index (χ0v) is 9.08. The number of carbonyl (C=O) groups excluding carboxylic acids is 1. The number of nitrogens with zero attached hydrogens (tertiary/aromatic N) is 1. The highest BCUT2D eigenvalue weighted by molar-refractivity contribution is 5.82. The average molecular weight is 197 g/mol. The fourth-order valence-corrected chi connectivity index (χ4v) is 1.69. The predicted molar refractivity (Wildman–Crippen MR) is 55.8 cm³/mol. The molecule has 1 heterocycles. The first-order chi connectivity index (χ1) is 6.74. The monoisotopic (exact) mass is 197 g/mol. The van der Waals surface area contributed by atoms with Gasteiger partial charge in [0.05, 0.1) is 6.61 Å². The van der Waals surface area contributed by atoms with E-state index in [0.29, 0.717) is 6.61 Å². The summed E-state index contributed by atoms with van der Waals surface area (Å²) in [5.41, 5.74) is 1.03. The number of esters is 1. The van der Waals surface area contributed by atoms with Crippen molar-refractivity contribution in [3.8, 4) is 0 Å². The summed E-state index contributed by atoms with van der Waals surface area (Å²) >= 11 is 0. The van der Waals surface area contributed by atoms with Crippen LogP contribution in [0.15, 0.2) is 11.8 Å². The summed E-state index contributed by atoms with van der Waals surface area (Å²) in [6.07, 6.45) is 5.36. The molecule has 0 aliphatic carbocycles. The minimum absolute atomic E-state index is 0.226. The number of likely N-dealkylation sites (tertiary alicyclic amines) is 1. The van der Waals surface area contributed by atoms with Crippen LogP contribution < -0.4 is 0 Å². The van der Waals surface area contributed by atoms with E-state index in [2.05, 4.69) is 4.90 Å². The SMILES string of the molecule is CCOC(=O)/C=C(\C)N1CCCCC1. The van der Waals surface area contributed by atoms with E-state index in [-0.39, 0.29) is 5.97 Å². The minimum Gasteiger partial charge on any atom is -0.463 e. The topological polar surface area (TPSA) is 29.5 Å². The van der Waals surface area contributed by atoms with Crippen molar-refractivity contribution >= 4 is 5.97 Å². The maximum atomic E-state index is 11.2. The van der Waals surface area contributed by atoms with Crippen molar-refractivity contribution in [2.75, 3.05) is 19.7 Å². The Morgan fingerprint density at radius 2 is 2.00 bits per heavy atom. The number of hydrogen-bond acceptors (Lipinski definition) is 3. The molecule has 3 nitrogen and oxygen atoms in total. The normalized spacial score (nSPS) is 18.1. The standard InChI is InChI=1S/C11H19NO2/c1-3-14-11(13)9-10(2)12-7-5-4-6-8-12/h9H,3-8H2,1-2H3/b10-9+. The zero-order chi connectivity index (χ0) is 10.4. The molecule has 1 aliphatic rings. The summed E-state index contributed by atoms with van der Waals surface area (Å²) in [7, 11) is 0. The third kappa shape index (κ3) is 3.40. The van der Waals surface area contributed by atoms with Gasteiger partial charge in [0.2, 0.25) is 0 Å². The Morgan fingerprint density at radius 3 is 2.57 bits per heavy atom. The van der Waals surface area contributed by atoms with Crippen molar-refractivity contribution in [3.63, 3.8) is 0 Å². The molecule has 1 rings (SSSR count). The maximum Gasteiger partial charge on any atom is 0.332 e. The van der Waals surface area contributed by atoms with Gasteiger partial charge in [-0.05, 0) is 33.1 Å². The first-order valence-corrected chi connectivity index (χ1v) is 5.34. The quantitative estimate of drug-likeness (QED) is 0.511. The van der Waals surface area contributed by atoms with Gasteiger partial charge < -0.3 is 9.64 Å². The van der Waals surface area contributed by atoms with Gasteiger partial charge in [-0.2, -0.15) is 0 Å². The number of hydrogen-bond donors (Lipinski definition) is 0. The van der Waals surface area contributed by atoms with Crippen LogP contribution in [0.3, 0.4) is 0 Å². The first kappa shape index (κ1) is 11.1. The van der Waals surface area contributed by atoms with Crippen LogP contribution in [0.4, 0.5) is 0 Å². The summed E-state index contributed by atoms with van der Waals surface area (Å²) in [6, 6.07) is 0. The van der Waals surface area contributed by atoms with E-state index in [1.165, 1.54) is 19.3 Å². The van der Waals surface area contributed by atoms with Crippen LogP contribution in [0.25, 0.3) is 0 Å². The average Bonchev–Trinajstić information content (AvgIpc) is 2.19. The van der Waals surface area contributed by atoms with Gasteiger partial charge in [0.25, 0.3) is 0 Å². The molecule has 0 aromatic heterocycles. The molecule has 0 aromatic rings. The molecular formula is C11H19NO2. The molecule has 3 heteroatoms. The number of ether oxygens (including phenoxy) is 1. The summed E-state index contributed by atoms with van der Waals surface area (Å²) in [5, 5.41) is 0. The van der Waals surface area contributed by atoms with E-state index in [9.17, 15) is 4.79 Å². The van der Waals surface area contributed by atoms with Crippen LogP contribution in [-0.4, -0.2) is 30.6 Å². The Bertz CT molecular complexity index is 217. The van der Waals surface area contributed by atoms with E-state index < -0.39 is 0 Å². The van der Waals surface area contributed by atoms with Crippen molar-refractivity contribution in [1.82, 2.24) is 4.90 Å². The van der Waals surface area contributed by atoms with Crippen LogP contribution >= 0.6 is 0 Å². The largest absolute Gasteiger partial charge is 0.463 e. The second-order valence-corrected chi connectivity index (χ2v) is 3.59. The number of allylic oxidation sites excluding steroid dienone is 1. The van der Waals surface area contributed by atoms with Crippen molar-refractivity contribution in [2.24, 2.45) is 0 Å². The molecule has 0 amide bonds. The van der Waals surface area contributed by atoms with Crippen LogP contribution in [0.1, 0.15) is 33.1 Å². The minimum atomic E-state index is -0.226. The molecule has 1 aliphatic heterocycles. The third-order valence-electron chi connectivity index (χ3n) is 2.47. The molecule has 0 aromatic carbocycles. The van der Waals surface area contributed by atoms with E-state index in [0.717, 1.165) is 18.8 Å². The molecule has 80 valence electrons. The number of carbonyl (C=O) groups is 1. The third-order valence-corrected chi connectivity index (χ3v) is 2.47.